The zero-order valence-corrected chi connectivity index (χ0v) is 14.6. The summed E-state index contributed by atoms with van der Waals surface area (Å²) in [7, 11) is 1.91. The average Bonchev–Trinajstić information content (AvgIpc) is 3.14. The van der Waals surface area contributed by atoms with Crippen LogP contribution in [-0.4, -0.2) is 42.1 Å². The van der Waals surface area contributed by atoms with Crippen molar-refractivity contribution in [2.24, 2.45) is 7.05 Å². The number of amides is 1. The highest BCUT2D eigenvalue weighted by Gasteiger charge is 2.30. The molecule has 1 atom stereocenters. The Bertz CT molecular complexity index is 890. The van der Waals surface area contributed by atoms with Gasteiger partial charge < -0.3 is 4.90 Å². The Kier molecular flexibility index (Phi) is 4.43. The molecule has 3 aromatic heterocycles. The molecular formula is C19H20N6O. The largest absolute Gasteiger partial charge is 0.330 e. The summed E-state index contributed by atoms with van der Waals surface area (Å²) in [5, 5.41) is 4.25. The number of aromatic nitrogens is 5. The highest BCUT2D eigenvalue weighted by atomic mass is 16.2. The summed E-state index contributed by atoms with van der Waals surface area (Å²) in [6.07, 6.45) is 9.71. The van der Waals surface area contributed by atoms with Gasteiger partial charge in [0.15, 0.2) is 5.82 Å². The summed E-state index contributed by atoms with van der Waals surface area (Å²) in [6.45, 7) is 0.733. The van der Waals surface area contributed by atoms with Crippen molar-refractivity contribution in [2.75, 3.05) is 6.54 Å². The molecule has 0 radical (unpaired) electrons. The summed E-state index contributed by atoms with van der Waals surface area (Å²) in [5.41, 5.74) is 2.25. The number of pyridine rings is 1. The van der Waals surface area contributed by atoms with Crippen molar-refractivity contribution in [1.82, 2.24) is 29.6 Å². The molecule has 0 aromatic carbocycles. The molecule has 0 spiro atoms. The first-order chi connectivity index (χ1) is 12.7. The molecule has 7 heteroatoms. The van der Waals surface area contributed by atoms with E-state index >= 15 is 0 Å². The molecule has 0 N–H and O–H groups in total. The number of carbonyl (C=O) groups excluding carboxylic acids is 1. The highest BCUT2D eigenvalue weighted by molar-refractivity contribution is 5.94. The van der Waals surface area contributed by atoms with Crippen LogP contribution in [0.25, 0.3) is 11.5 Å². The maximum absolute atomic E-state index is 13.1. The highest BCUT2D eigenvalue weighted by Crippen LogP contribution is 2.31. The third-order valence-corrected chi connectivity index (χ3v) is 4.76. The van der Waals surface area contributed by atoms with E-state index in [1.807, 2.05) is 40.9 Å². The van der Waals surface area contributed by atoms with Crippen LogP contribution in [0, 0.1) is 0 Å². The Morgan fingerprint density at radius 1 is 1.08 bits per heavy atom. The maximum atomic E-state index is 13.1. The van der Waals surface area contributed by atoms with Crippen LogP contribution in [0.1, 0.15) is 41.4 Å². The molecule has 26 heavy (non-hydrogen) atoms. The van der Waals surface area contributed by atoms with Crippen LogP contribution in [0.3, 0.4) is 0 Å². The molecule has 132 valence electrons. The third-order valence-electron chi connectivity index (χ3n) is 4.76. The van der Waals surface area contributed by atoms with E-state index in [2.05, 4.69) is 20.1 Å². The van der Waals surface area contributed by atoms with E-state index in [4.69, 9.17) is 0 Å². The van der Waals surface area contributed by atoms with Crippen LogP contribution in [0.4, 0.5) is 0 Å². The lowest BCUT2D eigenvalue weighted by atomic mass is 9.98. The molecule has 1 unspecified atom stereocenters. The van der Waals surface area contributed by atoms with E-state index in [1.54, 1.807) is 24.8 Å². The number of nitrogens with zero attached hydrogens (tertiary/aromatic N) is 6. The van der Waals surface area contributed by atoms with Crippen molar-refractivity contribution in [1.29, 1.82) is 0 Å². The lowest BCUT2D eigenvalue weighted by Crippen LogP contribution is -2.39. The minimum absolute atomic E-state index is 0.0385. The fourth-order valence-electron chi connectivity index (χ4n) is 3.42. The van der Waals surface area contributed by atoms with Gasteiger partial charge in [0.2, 0.25) is 0 Å². The Morgan fingerprint density at radius 3 is 2.62 bits per heavy atom. The average molecular weight is 348 g/mol. The van der Waals surface area contributed by atoms with Crippen LogP contribution in [0.15, 0.2) is 49.1 Å². The van der Waals surface area contributed by atoms with Crippen molar-refractivity contribution in [3.05, 3.63) is 60.3 Å². The van der Waals surface area contributed by atoms with Gasteiger partial charge in [-0.1, -0.05) is 6.07 Å². The molecule has 0 aliphatic carbocycles. The summed E-state index contributed by atoms with van der Waals surface area (Å²) in [6, 6.07) is 7.60. The van der Waals surface area contributed by atoms with Gasteiger partial charge in [-0.05, 0) is 37.5 Å². The zero-order valence-electron chi connectivity index (χ0n) is 14.6. The Hall–Kier alpha value is -3.09. The van der Waals surface area contributed by atoms with Crippen molar-refractivity contribution in [3.8, 4) is 11.5 Å². The van der Waals surface area contributed by atoms with Crippen LogP contribution in [0.2, 0.25) is 0 Å². The number of hydrogen-bond donors (Lipinski definition) is 0. The normalized spacial score (nSPS) is 17.3. The van der Waals surface area contributed by atoms with Gasteiger partial charge in [0.25, 0.3) is 5.91 Å². The molecule has 1 aliphatic heterocycles. The van der Waals surface area contributed by atoms with Crippen molar-refractivity contribution in [2.45, 2.75) is 25.3 Å². The van der Waals surface area contributed by atoms with Crippen molar-refractivity contribution in [3.63, 3.8) is 0 Å². The molecule has 7 nitrogen and oxygen atoms in total. The lowest BCUT2D eigenvalue weighted by molar-refractivity contribution is 0.0600. The van der Waals surface area contributed by atoms with Crippen molar-refractivity contribution >= 4 is 5.91 Å². The summed E-state index contributed by atoms with van der Waals surface area (Å²) >= 11 is 0. The zero-order chi connectivity index (χ0) is 17.9. The number of aryl methyl sites for hydroxylation is 1. The quantitative estimate of drug-likeness (QED) is 0.727. The molecule has 4 rings (SSSR count). The fraction of sp³-hybridized carbons (Fsp3) is 0.316. The van der Waals surface area contributed by atoms with Gasteiger partial charge in [-0.2, -0.15) is 5.10 Å². The second-order valence-corrected chi connectivity index (χ2v) is 6.40. The van der Waals surface area contributed by atoms with Crippen LogP contribution >= 0.6 is 0 Å². The van der Waals surface area contributed by atoms with Gasteiger partial charge in [0, 0.05) is 38.4 Å². The Morgan fingerprint density at radius 2 is 1.92 bits per heavy atom. The van der Waals surface area contributed by atoms with E-state index in [0.29, 0.717) is 17.1 Å². The van der Waals surface area contributed by atoms with Crippen LogP contribution in [0.5, 0.6) is 0 Å². The Labute approximate surface area is 151 Å². The predicted octanol–water partition coefficient (Wildman–Crippen LogP) is 2.64. The van der Waals surface area contributed by atoms with Crippen LogP contribution in [-0.2, 0) is 7.05 Å². The number of hydrogen-bond acceptors (Lipinski definition) is 5. The fourth-order valence-corrected chi connectivity index (χ4v) is 3.42. The molecule has 1 fully saturated rings. The first-order valence-corrected chi connectivity index (χ1v) is 8.76. The minimum atomic E-state index is -0.0385. The van der Waals surface area contributed by atoms with Gasteiger partial charge in [-0.25, -0.2) is 9.97 Å². The summed E-state index contributed by atoms with van der Waals surface area (Å²) < 4.78 is 1.84. The van der Waals surface area contributed by atoms with Gasteiger partial charge in [-0.3, -0.25) is 14.5 Å². The number of likely N-dealkylation sites (tertiary alicyclic amines) is 1. The van der Waals surface area contributed by atoms with E-state index in [1.165, 1.54) is 0 Å². The third kappa shape index (κ3) is 3.08. The molecule has 0 bridgehead atoms. The predicted molar refractivity (Wildman–Crippen MR) is 96.1 cm³/mol. The monoisotopic (exact) mass is 348 g/mol. The second-order valence-electron chi connectivity index (χ2n) is 6.40. The smallest absolute Gasteiger partial charge is 0.257 e. The minimum Gasteiger partial charge on any atom is -0.330 e. The van der Waals surface area contributed by atoms with Crippen LogP contribution < -0.4 is 0 Å². The topological polar surface area (TPSA) is 76.8 Å². The second kappa shape index (κ2) is 7.03. The first-order valence-electron chi connectivity index (χ1n) is 8.76. The van der Waals surface area contributed by atoms with Gasteiger partial charge in [0.05, 0.1) is 17.3 Å². The summed E-state index contributed by atoms with van der Waals surface area (Å²) in [4.78, 5) is 27.9. The molecule has 1 amide bonds. The molecule has 3 aromatic rings. The number of carbonyl (C=O) groups is 1. The van der Waals surface area contributed by atoms with E-state index in [-0.39, 0.29) is 11.9 Å². The maximum Gasteiger partial charge on any atom is 0.257 e. The van der Waals surface area contributed by atoms with E-state index in [0.717, 1.165) is 31.5 Å². The molecule has 1 aliphatic rings. The van der Waals surface area contributed by atoms with E-state index in [9.17, 15) is 4.79 Å². The molecule has 1 saturated heterocycles. The summed E-state index contributed by atoms with van der Waals surface area (Å²) in [5.74, 6) is 0.479. The first kappa shape index (κ1) is 16.4. The molecular weight excluding hydrogens is 328 g/mol. The number of rotatable bonds is 3. The lowest BCUT2D eigenvalue weighted by Gasteiger charge is -2.35. The SMILES string of the molecule is Cn1nccc1C1CCCCN1C(=O)c1cnc(-c2ccccn2)nc1. The molecule has 4 heterocycles. The standard InChI is InChI=1S/C19H20N6O/c1-24-16(8-10-23-24)17-7-3-5-11-25(17)19(26)14-12-21-18(22-13-14)15-6-2-4-9-20-15/h2,4,6,8-10,12-13,17H,3,5,7,11H2,1H3. The van der Waals surface area contributed by atoms with Gasteiger partial charge in [0.1, 0.15) is 5.69 Å². The van der Waals surface area contributed by atoms with Crippen molar-refractivity contribution < 1.29 is 4.79 Å². The number of piperidine rings is 1. The Balaban J connectivity index is 1.59. The van der Waals surface area contributed by atoms with Gasteiger partial charge in [-0.15, -0.1) is 0 Å². The molecule has 0 saturated carbocycles. The van der Waals surface area contributed by atoms with Gasteiger partial charge >= 0.3 is 0 Å². The van der Waals surface area contributed by atoms with E-state index < -0.39 is 0 Å².